The van der Waals surface area contributed by atoms with Crippen LogP contribution < -0.4 is 0 Å². The van der Waals surface area contributed by atoms with E-state index in [1.807, 2.05) is 0 Å². The Labute approximate surface area is 90.9 Å². The topological polar surface area (TPSA) is 39.2 Å². The van der Waals surface area contributed by atoms with Gasteiger partial charge in [-0.1, -0.05) is 0 Å². The molecule has 1 atom stereocenters. The average molecular weight is 229 g/mol. The van der Waals surface area contributed by atoms with Crippen LogP contribution in [-0.4, -0.2) is 35.0 Å². The van der Waals surface area contributed by atoms with Crippen LogP contribution in [0, 0.1) is 0 Å². The Morgan fingerprint density at radius 2 is 2.64 bits per heavy atom. The number of hydrogen-bond acceptors (Lipinski definition) is 5. The van der Waals surface area contributed by atoms with E-state index in [1.165, 1.54) is 11.3 Å². The van der Waals surface area contributed by atoms with Gasteiger partial charge in [-0.3, -0.25) is 9.78 Å². The summed E-state index contributed by atoms with van der Waals surface area (Å²) < 4.78 is 5.40. The molecule has 3 nitrogen and oxygen atoms in total. The molecule has 76 valence electrons. The molecule has 0 bridgehead atoms. The fourth-order valence-corrected chi connectivity index (χ4v) is 2.77. The highest BCUT2D eigenvalue weighted by atomic mass is 32.2. The van der Waals surface area contributed by atoms with Crippen LogP contribution in [0.15, 0.2) is 11.7 Å². The molecular weight excluding hydrogens is 218 g/mol. The maximum atomic E-state index is 11.7. The number of nitrogens with zero attached hydrogens (tertiary/aromatic N) is 1. The van der Waals surface area contributed by atoms with Crippen molar-refractivity contribution in [3.8, 4) is 0 Å². The van der Waals surface area contributed by atoms with Gasteiger partial charge >= 0.3 is 0 Å². The third-order valence-corrected chi connectivity index (χ3v) is 3.78. The summed E-state index contributed by atoms with van der Waals surface area (Å²) in [7, 11) is 0. The van der Waals surface area contributed by atoms with E-state index in [0.717, 1.165) is 16.4 Å². The van der Waals surface area contributed by atoms with E-state index < -0.39 is 0 Å². The Morgan fingerprint density at radius 1 is 1.71 bits per heavy atom. The predicted octanol–water partition coefficient (Wildman–Crippen LogP) is 1.39. The van der Waals surface area contributed by atoms with Crippen LogP contribution in [0.2, 0.25) is 0 Å². The van der Waals surface area contributed by atoms with Crippen molar-refractivity contribution in [2.24, 2.45) is 0 Å². The number of thiazole rings is 1. The number of carbonyl (C=O) groups is 1. The van der Waals surface area contributed by atoms with Crippen molar-refractivity contribution in [3.63, 3.8) is 0 Å². The number of ketones is 1. The standard InChI is InChI=1S/C9H11NO2S2/c11-8(3-7-4-10-6-14-7)9-5-13-2-1-12-9/h4,6,9H,1-3,5H2. The van der Waals surface area contributed by atoms with Gasteiger partial charge in [-0.05, 0) is 0 Å². The summed E-state index contributed by atoms with van der Waals surface area (Å²) in [5, 5.41) is 0. The molecule has 1 aliphatic heterocycles. The van der Waals surface area contributed by atoms with E-state index >= 15 is 0 Å². The monoisotopic (exact) mass is 229 g/mol. The number of ether oxygens (including phenoxy) is 1. The summed E-state index contributed by atoms with van der Waals surface area (Å²) in [6, 6.07) is 0. The molecule has 1 unspecified atom stereocenters. The van der Waals surface area contributed by atoms with Crippen molar-refractivity contribution in [2.45, 2.75) is 12.5 Å². The lowest BCUT2D eigenvalue weighted by atomic mass is 10.2. The minimum absolute atomic E-state index is 0.182. The van der Waals surface area contributed by atoms with Gasteiger partial charge in [0.15, 0.2) is 5.78 Å². The Bertz CT molecular complexity index is 294. The number of hydrogen-bond donors (Lipinski definition) is 0. The van der Waals surface area contributed by atoms with Gasteiger partial charge in [-0.2, -0.15) is 11.8 Å². The number of carbonyl (C=O) groups excluding carboxylic acids is 1. The Morgan fingerprint density at radius 3 is 3.29 bits per heavy atom. The van der Waals surface area contributed by atoms with Crippen LogP contribution in [0.1, 0.15) is 4.88 Å². The van der Waals surface area contributed by atoms with Gasteiger partial charge < -0.3 is 4.74 Å². The highest BCUT2D eigenvalue weighted by Crippen LogP contribution is 2.16. The summed E-state index contributed by atoms with van der Waals surface area (Å²) in [5.74, 6) is 1.99. The molecule has 0 amide bonds. The lowest BCUT2D eigenvalue weighted by molar-refractivity contribution is -0.128. The number of aromatic nitrogens is 1. The van der Waals surface area contributed by atoms with Crippen molar-refractivity contribution in [3.05, 3.63) is 16.6 Å². The van der Waals surface area contributed by atoms with Gasteiger partial charge in [0.05, 0.1) is 12.1 Å². The van der Waals surface area contributed by atoms with Gasteiger partial charge in [0.2, 0.25) is 0 Å². The van der Waals surface area contributed by atoms with Gasteiger partial charge in [-0.15, -0.1) is 11.3 Å². The zero-order valence-electron chi connectivity index (χ0n) is 7.64. The molecular formula is C9H11NO2S2. The summed E-state index contributed by atoms with van der Waals surface area (Å²) >= 11 is 3.31. The molecule has 1 aromatic heterocycles. The van der Waals surface area contributed by atoms with Crippen LogP contribution in [0.25, 0.3) is 0 Å². The fourth-order valence-electron chi connectivity index (χ4n) is 1.29. The van der Waals surface area contributed by atoms with E-state index in [4.69, 9.17) is 4.74 Å². The van der Waals surface area contributed by atoms with E-state index in [-0.39, 0.29) is 11.9 Å². The normalized spacial score (nSPS) is 22.1. The first-order valence-electron chi connectivity index (χ1n) is 4.45. The zero-order chi connectivity index (χ0) is 9.80. The largest absolute Gasteiger partial charge is 0.369 e. The van der Waals surface area contributed by atoms with Crippen LogP contribution in [0.4, 0.5) is 0 Å². The van der Waals surface area contributed by atoms with Crippen LogP contribution in [0.3, 0.4) is 0 Å². The number of Topliss-reactive ketones (excluding diaryl/α,β-unsaturated/α-hetero) is 1. The SMILES string of the molecule is O=C(Cc1cncs1)C1CSCCO1. The molecule has 0 aromatic carbocycles. The fraction of sp³-hybridized carbons (Fsp3) is 0.556. The van der Waals surface area contributed by atoms with Gasteiger partial charge in [0.1, 0.15) is 6.10 Å². The smallest absolute Gasteiger partial charge is 0.167 e. The third kappa shape index (κ3) is 2.56. The van der Waals surface area contributed by atoms with Crippen molar-refractivity contribution in [1.29, 1.82) is 0 Å². The molecule has 1 aromatic rings. The molecule has 14 heavy (non-hydrogen) atoms. The minimum atomic E-state index is -0.198. The molecule has 1 saturated heterocycles. The van der Waals surface area contributed by atoms with Gasteiger partial charge in [0.25, 0.3) is 0 Å². The molecule has 0 N–H and O–H groups in total. The Balaban J connectivity index is 1.88. The van der Waals surface area contributed by atoms with Crippen LogP contribution >= 0.6 is 23.1 Å². The lowest BCUT2D eigenvalue weighted by Gasteiger charge is -2.20. The van der Waals surface area contributed by atoms with Crippen molar-refractivity contribution >= 4 is 28.9 Å². The average Bonchev–Trinajstić information content (AvgIpc) is 2.72. The van der Waals surface area contributed by atoms with Crippen LogP contribution in [0.5, 0.6) is 0 Å². The first-order valence-corrected chi connectivity index (χ1v) is 6.49. The van der Waals surface area contributed by atoms with E-state index in [0.29, 0.717) is 13.0 Å². The third-order valence-electron chi connectivity index (χ3n) is 2.01. The van der Waals surface area contributed by atoms with Gasteiger partial charge in [0, 0.05) is 29.0 Å². The molecule has 1 fully saturated rings. The first kappa shape index (κ1) is 10.1. The minimum Gasteiger partial charge on any atom is -0.369 e. The Kier molecular flexibility index (Phi) is 3.55. The summed E-state index contributed by atoms with van der Waals surface area (Å²) in [4.78, 5) is 16.7. The molecule has 0 spiro atoms. The first-order chi connectivity index (χ1) is 6.86. The zero-order valence-corrected chi connectivity index (χ0v) is 9.27. The second-order valence-corrected chi connectivity index (χ2v) is 5.17. The number of thioether (sulfide) groups is 1. The maximum Gasteiger partial charge on any atom is 0.167 e. The molecule has 0 aliphatic carbocycles. The predicted molar refractivity (Wildman–Crippen MR) is 57.9 cm³/mol. The lowest BCUT2D eigenvalue weighted by Crippen LogP contribution is -2.32. The molecule has 1 aliphatic rings. The van der Waals surface area contributed by atoms with Gasteiger partial charge in [-0.25, -0.2) is 0 Å². The quantitative estimate of drug-likeness (QED) is 0.785. The second kappa shape index (κ2) is 4.91. The second-order valence-electron chi connectivity index (χ2n) is 3.05. The molecule has 5 heteroatoms. The van der Waals surface area contributed by atoms with Crippen molar-refractivity contribution in [1.82, 2.24) is 4.98 Å². The summed E-state index contributed by atoms with van der Waals surface area (Å²) in [5.41, 5.74) is 1.75. The molecule has 0 radical (unpaired) electrons. The van der Waals surface area contributed by atoms with E-state index in [2.05, 4.69) is 4.98 Å². The summed E-state index contributed by atoms with van der Waals surface area (Å²) in [6.45, 7) is 0.698. The maximum absolute atomic E-state index is 11.7. The van der Waals surface area contributed by atoms with E-state index in [9.17, 15) is 4.79 Å². The van der Waals surface area contributed by atoms with Crippen LogP contribution in [-0.2, 0) is 16.0 Å². The molecule has 0 saturated carbocycles. The molecule has 2 heterocycles. The van der Waals surface area contributed by atoms with Crippen molar-refractivity contribution < 1.29 is 9.53 Å². The highest BCUT2D eigenvalue weighted by molar-refractivity contribution is 7.99. The molecule has 2 rings (SSSR count). The highest BCUT2D eigenvalue weighted by Gasteiger charge is 2.22. The Hall–Kier alpha value is -0.390. The van der Waals surface area contributed by atoms with E-state index in [1.54, 1.807) is 23.5 Å². The van der Waals surface area contributed by atoms with Crippen molar-refractivity contribution in [2.75, 3.05) is 18.1 Å². The number of rotatable bonds is 3. The summed E-state index contributed by atoms with van der Waals surface area (Å²) in [6.07, 6.45) is 2.02.